The molecule has 0 saturated heterocycles. The largest absolute Gasteiger partial charge is 0.479 e. The molecule has 0 spiro atoms. The predicted molar refractivity (Wildman–Crippen MR) is 86.1 cm³/mol. The van der Waals surface area contributed by atoms with Crippen LogP contribution in [0.4, 0.5) is 0 Å². The van der Waals surface area contributed by atoms with Crippen LogP contribution >= 0.6 is 0 Å². The van der Waals surface area contributed by atoms with Gasteiger partial charge in [0.1, 0.15) is 18.3 Å². The van der Waals surface area contributed by atoms with E-state index in [1.54, 1.807) is 0 Å². The van der Waals surface area contributed by atoms with Gasteiger partial charge in [-0.25, -0.2) is 19.2 Å². The predicted octanol–water partition coefficient (Wildman–Crippen LogP) is -2.72. The van der Waals surface area contributed by atoms with Crippen LogP contribution in [0.3, 0.4) is 0 Å². The molecular formula is C15H18Ni2O13. The molecule has 13 nitrogen and oxygen atoms in total. The summed E-state index contributed by atoms with van der Waals surface area (Å²) in [7, 11) is 0. The van der Waals surface area contributed by atoms with Gasteiger partial charge >= 0.3 is 23.9 Å². The van der Waals surface area contributed by atoms with Crippen molar-refractivity contribution < 1.29 is 98.1 Å². The number of hydrogen-bond donors (Lipinski definition) is 9. The van der Waals surface area contributed by atoms with Crippen molar-refractivity contribution in [1.82, 2.24) is 0 Å². The molecule has 0 amide bonds. The van der Waals surface area contributed by atoms with Gasteiger partial charge in [0.15, 0.2) is 6.10 Å². The second kappa shape index (κ2) is 14.8. The molecule has 1 aromatic carbocycles. The summed E-state index contributed by atoms with van der Waals surface area (Å²) in [6.45, 7) is -0.843. The summed E-state index contributed by atoms with van der Waals surface area (Å²) in [5.74, 6) is -5.85. The molecule has 0 aliphatic heterocycles. The van der Waals surface area contributed by atoms with Crippen molar-refractivity contribution in [3.05, 3.63) is 34.9 Å². The molecule has 0 fully saturated rings. The maximum Gasteiger partial charge on any atom is 0.335 e. The van der Waals surface area contributed by atoms with Crippen molar-refractivity contribution in [2.75, 3.05) is 6.61 Å². The van der Waals surface area contributed by atoms with Gasteiger partial charge < -0.3 is 46.0 Å². The van der Waals surface area contributed by atoms with E-state index in [9.17, 15) is 19.2 Å². The van der Waals surface area contributed by atoms with Crippen LogP contribution in [0.1, 0.15) is 31.1 Å². The second-order valence-electron chi connectivity index (χ2n) is 5.23. The van der Waals surface area contributed by atoms with Crippen molar-refractivity contribution in [2.45, 2.75) is 24.4 Å². The van der Waals surface area contributed by atoms with Crippen LogP contribution in [0.25, 0.3) is 0 Å². The van der Waals surface area contributed by atoms with Gasteiger partial charge in [-0.2, -0.15) is 0 Å². The Bertz CT molecular complexity index is 660. The summed E-state index contributed by atoms with van der Waals surface area (Å²) in [4.78, 5) is 41.8. The third-order valence-electron chi connectivity index (χ3n) is 3.18. The van der Waals surface area contributed by atoms with Crippen molar-refractivity contribution in [3.8, 4) is 0 Å². The quantitative estimate of drug-likeness (QED) is 0.157. The molecule has 0 aromatic heterocycles. The van der Waals surface area contributed by atoms with Gasteiger partial charge in [0.2, 0.25) is 0 Å². The monoisotopic (exact) mass is 522 g/mol. The molecule has 1 rings (SSSR count). The Hall–Kier alpha value is -2.11. The Kier molecular flexibility index (Phi) is 16.1. The molecule has 0 aliphatic carbocycles. The van der Waals surface area contributed by atoms with Crippen LogP contribution in [0.5, 0.6) is 0 Å². The maximum absolute atomic E-state index is 10.6. The van der Waals surface area contributed by atoms with Crippen LogP contribution in [-0.4, -0.2) is 101 Å². The number of rotatable bonds is 8. The number of carbonyl (C=O) groups is 4. The number of aliphatic carboxylic acids is 1. The number of aliphatic hydroxyl groups is 5. The van der Waals surface area contributed by atoms with E-state index in [1.807, 2.05) is 0 Å². The van der Waals surface area contributed by atoms with Crippen LogP contribution in [0.15, 0.2) is 18.2 Å². The molecule has 0 saturated carbocycles. The fraction of sp³-hybridized carbons (Fsp3) is 0.333. The molecule has 4 unspecified atom stereocenters. The molecule has 0 radical (unpaired) electrons. The SMILES string of the molecule is O=C(O)C(O)C(O)C(O)C(O)CO.O=C(O)c1cc(C(=O)O)cc(C(=O)O)c1.[Ni].[Ni]. The zero-order valence-corrected chi connectivity index (χ0v) is 16.5. The van der Waals surface area contributed by atoms with E-state index in [1.165, 1.54) is 0 Å². The van der Waals surface area contributed by atoms with Gasteiger partial charge in [-0.3, -0.25) is 0 Å². The number of aliphatic hydroxyl groups excluding tert-OH is 5. The number of carboxylic acids is 4. The topological polar surface area (TPSA) is 250 Å². The van der Waals surface area contributed by atoms with Crippen LogP contribution < -0.4 is 0 Å². The molecule has 0 aliphatic rings. The molecule has 4 atom stereocenters. The van der Waals surface area contributed by atoms with E-state index < -0.39 is 54.9 Å². The first kappa shape index (κ1) is 32.5. The molecule has 0 bridgehead atoms. The number of carboxylic acid groups (broad SMARTS) is 4. The average molecular weight is 524 g/mol. The van der Waals surface area contributed by atoms with Gasteiger partial charge in [-0.1, -0.05) is 0 Å². The van der Waals surface area contributed by atoms with Gasteiger partial charge in [0.05, 0.1) is 23.3 Å². The van der Waals surface area contributed by atoms with E-state index in [0.29, 0.717) is 0 Å². The Morgan fingerprint density at radius 1 is 0.667 bits per heavy atom. The third kappa shape index (κ3) is 10.1. The first-order chi connectivity index (χ1) is 12.8. The zero-order valence-electron chi connectivity index (χ0n) is 14.5. The normalized spacial score (nSPS) is 13.6. The standard InChI is InChI=1S/C9H6O6.C6H12O7.2Ni/c10-7(11)4-1-5(8(12)13)3-6(2-4)9(14)15;7-1-2(8)3(9)4(10)5(11)6(12)13;;/h1-3H,(H,10,11)(H,12,13)(H,14,15);2-5,7-11H,1H2,(H,12,13);;. The average Bonchev–Trinajstić information content (AvgIpc) is 2.65. The smallest absolute Gasteiger partial charge is 0.335 e. The minimum atomic E-state index is -2.20. The Morgan fingerprint density at radius 2 is 0.967 bits per heavy atom. The van der Waals surface area contributed by atoms with Crippen LogP contribution in [-0.2, 0) is 37.8 Å². The van der Waals surface area contributed by atoms with E-state index in [0.717, 1.165) is 18.2 Å². The summed E-state index contributed by atoms with van der Waals surface area (Å²) in [5, 5.41) is 77.6. The molecule has 15 heteroatoms. The van der Waals surface area contributed by atoms with Gasteiger partial charge in [0, 0.05) is 33.0 Å². The van der Waals surface area contributed by atoms with Gasteiger partial charge in [-0.05, 0) is 18.2 Å². The first-order valence-corrected chi connectivity index (χ1v) is 7.24. The van der Waals surface area contributed by atoms with Crippen LogP contribution in [0.2, 0.25) is 0 Å². The van der Waals surface area contributed by atoms with Crippen LogP contribution in [0, 0.1) is 0 Å². The second-order valence-corrected chi connectivity index (χ2v) is 5.23. The Balaban J connectivity index is -0.000000461. The summed E-state index contributed by atoms with van der Waals surface area (Å²) in [6.07, 6.45) is -7.84. The number of hydrogen-bond acceptors (Lipinski definition) is 9. The van der Waals surface area contributed by atoms with Gasteiger partial charge in [-0.15, -0.1) is 0 Å². The van der Waals surface area contributed by atoms with Crippen molar-refractivity contribution in [1.29, 1.82) is 0 Å². The van der Waals surface area contributed by atoms with E-state index in [2.05, 4.69) is 0 Å². The summed E-state index contributed by atoms with van der Waals surface area (Å²) >= 11 is 0. The van der Waals surface area contributed by atoms with Gasteiger partial charge in [0.25, 0.3) is 0 Å². The zero-order chi connectivity index (χ0) is 22.2. The third-order valence-corrected chi connectivity index (χ3v) is 3.18. The molecule has 0 heterocycles. The fourth-order valence-corrected chi connectivity index (χ4v) is 1.67. The van der Waals surface area contributed by atoms with E-state index >= 15 is 0 Å². The van der Waals surface area contributed by atoms with Crippen molar-refractivity contribution in [3.63, 3.8) is 0 Å². The summed E-state index contributed by atoms with van der Waals surface area (Å²) in [6, 6.07) is 2.70. The molecule has 9 N–H and O–H groups in total. The Morgan fingerprint density at radius 3 is 1.17 bits per heavy atom. The minimum Gasteiger partial charge on any atom is -0.479 e. The van der Waals surface area contributed by atoms with E-state index in [-0.39, 0.29) is 49.7 Å². The molecule has 1 aromatic rings. The summed E-state index contributed by atoms with van der Waals surface area (Å²) < 4.78 is 0. The minimum absolute atomic E-state index is 0. The van der Waals surface area contributed by atoms with E-state index in [4.69, 9.17) is 46.0 Å². The maximum atomic E-state index is 10.6. The van der Waals surface area contributed by atoms with Crippen molar-refractivity contribution in [2.24, 2.45) is 0 Å². The first-order valence-electron chi connectivity index (χ1n) is 7.24. The molecular weight excluding hydrogens is 506 g/mol. The number of benzene rings is 1. The molecule has 30 heavy (non-hydrogen) atoms. The summed E-state index contributed by atoms with van der Waals surface area (Å²) in [5.41, 5.74) is -1.10. The molecule has 176 valence electrons. The van der Waals surface area contributed by atoms with Crippen molar-refractivity contribution >= 4 is 23.9 Å². The Labute approximate surface area is 188 Å². The number of aromatic carboxylic acids is 3. The fourth-order valence-electron chi connectivity index (χ4n) is 1.67.